The molecule has 0 atom stereocenters. The lowest BCUT2D eigenvalue weighted by Gasteiger charge is -2.11. The summed E-state index contributed by atoms with van der Waals surface area (Å²) in [5, 5.41) is 5.47. The Balaban J connectivity index is 1.59. The van der Waals surface area contributed by atoms with Crippen LogP contribution in [-0.4, -0.2) is 24.3 Å². The van der Waals surface area contributed by atoms with Crippen LogP contribution in [0.2, 0.25) is 0 Å². The minimum atomic E-state index is -0.729. The summed E-state index contributed by atoms with van der Waals surface area (Å²) in [7, 11) is 1.79. The van der Waals surface area contributed by atoms with Crippen molar-refractivity contribution >= 4 is 21.8 Å². The number of aromatic nitrogens is 5. The van der Waals surface area contributed by atoms with Crippen molar-refractivity contribution in [3.63, 3.8) is 0 Å². The highest BCUT2D eigenvalue weighted by Gasteiger charge is 2.16. The van der Waals surface area contributed by atoms with Crippen molar-refractivity contribution in [2.75, 3.05) is 0 Å². The zero-order valence-electron chi connectivity index (χ0n) is 15.9. The Morgan fingerprint density at radius 1 is 1.03 bits per heavy atom. The van der Waals surface area contributed by atoms with Crippen molar-refractivity contribution in [2.24, 2.45) is 7.05 Å². The highest BCUT2D eigenvalue weighted by Crippen LogP contribution is 2.30. The molecular weight excluding hydrogens is 388 g/mol. The first-order chi connectivity index (χ1) is 14.5. The average Bonchev–Trinajstić information content (AvgIpc) is 3.12. The number of hydrogen-bond donors (Lipinski definition) is 0. The normalized spacial score (nSPS) is 11.4. The molecule has 2 aromatic carbocycles. The number of aryl methyl sites for hydroxylation is 1. The number of nitrogens with zero attached hydrogens (tertiary/aromatic N) is 5. The van der Waals surface area contributed by atoms with Gasteiger partial charge in [-0.05, 0) is 35.4 Å². The standard InChI is InChI=1S/C22H15F2N5O/c1-28-10-16-14(3-2-4-20(16)27-28)13-7-18(23)17(19(24)8-13)11-29-12-26-21-9-25-6-5-15(21)22(29)30/h2-10,12H,11H2,1H3. The van der Waals surface area contributed by atoms with Crippen LogP contribution in [0.3, 0.4) is 0 Å². The third-order valence-electron chi connectivity index (χ3n) is 5.07. The molecule has 6 nitrogen and oxygen atoms in total. The quantitative estimate of drug-likeness (QED) is 0.461. The van der Waals surface area contributed by atoms with Crippen molar-refractivity contribution < 1.29 is 8.78 Å². The molecule has 0 spiro atoms. The molecule has 0 saturated carbocycles. The van der Waals surface area contributed by atoms with Gasteiger partial charge in [-0.2, -0.15) is 5.10 Å². The smallest absolute Gasteiger partial charge is 0.261 e. The van der Waals surface area contributed by atoms with Crippen molar-refractivity contribution in [3.8, 4) is 11.1 Å². The number of fused-ring (bicyclic) bond motifs is 2. The molecule has 8 heteroatoms. The Bertz CT molecular complexity index is 1470. The molecule has 5 aromatic rings. The van der Waals surface area contributed by atoms with Crippen molar-refractivity contribution in [1.82, 2.24) is 24.3 Å². The summed E-state index contributed by atoms with van der Waals surface area (Å²) in [4.78, 5) is 20.7. The van der Waals surface area contributed by atoms with E-state index in [9.17, 15) is 13.6 Å². The van der Waals surface area contributed by atoms with Crippen LogP contribution >= 0.6 is 0 Å². The largest absolute Gasteiger partial charge is 0.294 e. The highest BCUT2D eigenvalue weighted by molar-refractivity contribution is 5.94. The fraction of sp³-hybridized carbons (Fsp3) is 0.0909. The molecule has 148 valence electrons. The fourth-order valence-corrected chi connectivity index (χ4v) is 3.61. The van der Waals surface area contributed by atoms with Crippen LogP contribution < -0.4 is 5.56 Å². The van der Waals surface area contributed by atoms with Gasteiger partial charge in [0.1, 0.15) is 11.6 Å². The van der Waals surface area contributed by atoms with E-state index >= 15 is 0 Å². The van der Waals surface area contributed by atoms with Crippen LogP contribution in [0.5, 0.6) is 0 Å². The summed E-state index contributed by atoms with van der Waals surface area (Å²) in [6.45, 7) is -0.265. The van der Waals surface area contributed by atoms with Gasteiger partial charge < -0.3 is 0 Å². The first kappa shape index (κ1) is 18.1. The van der Waals surface area contributed by atoms with E-state index in [2.05, 4.69) is 15.1 Å². The molecule has 30 heavy (non-hydrogen) atoms. The molecule has 0 saturated heterocycles. The van der Waals surface area contributed by atoms with E-state index in [-0.39, 0.29) is 17.7 Å². The van der Waals surface area contributed by atoms with E-state index < -0.39 is 11.6 Å². The van der Waals surface area contributed by atoms with Gasteiger partial charge in [0.2, 0.25) is 0 Å². The van der Waals surface area contributed by atoms with Gasteiger partial charge in [0.25, 0.3) is 5.56 Å². The topological polar surface area (TPSA) is 65.6 Å². The number of hydrogen-bond acceptors (Lipinski definition) is 4. The van der Waals surface area contributed by atoms with Crippen LogP contribution in [0, 0.1) is 11.6 Å². The lowest BCUT2D eigenvalue weighted by Crippen LogP contribution is -2.22. The second-order valence-corrected chi connectivity index (χ2v) is 7.03. The second kappa shape index (κ2) is 6.84. The maximum atomic E-state index is 14.9. The lowest BCUT2D eigenvalue weighted by molar-refractivity contribution is 0.541. The van der Waals surface area contributed by atoms with Gasteiger partial charge in [-0.25, -0.2) is 13.8 Å². The van der Waals surface area contributed by atoms with E-state index in [1.54, 1.807) is 23.9 Å². The van der Waals surface area contributed by atoms with Crippen LogP contribution in [0.1, 0.15) is 5.56 Å². The molecule has 0 radical (unpaired) electrons. The van der Waals surface area contributed by atoms with Crippen LogP contribution in [0.15, 0.2) is 66.1 Å². The molecule has 0 aliphatic rings. The predicted molar refractivity (Wildman–Crippen MR) is 109 cm³/mol. The van der Waals surface area contributed by atoms with E-state index in [4.69, 9.17) is 0 Å². The molecule has 3 aromatic heterocycles. The van der Waals surface area contributed by atoms with E-state index in [0.717, 1.165) is 10.9 Å². The Morgan fingerprint density at radius 2 is 1.83 bits per heavy atom. The first-order valence-electron chi connectivity index (χ1n) is 9.21. The van der Waals surface area contributed by atoms with Gasteiger partial charge in [-0.1, -0.05) is 12.1 Å². The monoisotopic (exact) mass is 403 g/mol. The molecule has 0 aliphatic heterocycles. The van der Waals surface area contributed by atoms with Crippen LogP contribution in [-0.2, 0) is 13.6 Å². The third kappa shape index (κ3) is 2.93. The molecule has 0 unspecified atom stereocenters. The van der Waals surface area contributed by atoms with Gasteiger partial charge in [0.15, 0.2) is 0 Å². The molecule has 5 rings (SSSR count). The van der Waals surface area contributed by atoms with Gasteiger partial charge in [-0.15, -0.1) is 0 Å². The summed E-state index contributed by atoms with van der Waals surface area (Å²) < 4.78 is 32.7. The molecule has 0 fully saturated rings. The molecule has 0 bridgehead atoms. The maximum Gasteiger partial charge on any atom is 0.261 e. The molecule has 0 aliphatic carbocycles. The Morgan fingerprint density at radius 3 is 2.63 bits per heavy atom. The van der Waals surface area contributed by atoms with Gasteiger partial charge in [0.05, 0.1) is 35.5 Å². The highest BCUT2D eigenvalue weighted by atomic mass is 19.1. The first-order valence-corrected chi connectivity index (χ1v) is 9.21. The number of benzene rings is 2. The minimum absolute atomic E-state index is 0.200. The zero-order chi connectivity index (χ0) is 20.8. The zero-order valence-corrected chi connectivity index (χ0v) is 15.9. The Labute approximate surface area is 169 Å². The molecule has 0 N–H and O–H groups in total. The van der Waals surface area contributed by atoms with Gasteiger partial charge in [0, 0.05) is 30.4 Å². The minimum Gasteiger partial charge on any atom is -0.294 e. The van der Waals surface area contributed by atoms with E-state index in [1.807, 2.05) is 12.3 Å². The SMILES string of the molecule is Cn1cc2c(-c3cc(F)c(Cn4cnc5cnccc5c4=O)c(F)c3)cccc2n1. The van der Waals surface area contributed by atoms with E-state index in [1.165, 1.54) is 41.5 Å². The fourth-order valence-electron chi connectivity index (χ4n) is 3.61. The molecule has 0 amide bonds. The number of rotatable bonds is 3. The number of halogens is 2. The predicted octanol–water partition coefficient (Wildman–Crippen LogP) is 3.67. The van der Waals surface area contributed by atoms with Crippen molar-refractivity contribution in [2.45, 2.75) is 6.54 Å². The van der Waals surface area contributed by atoms with Crippen molar-refractivity contribution in [1.29, 1.82) is 0 Å². The maximum absolute atomic E-state index is 14.9. The number of pyridine rings is 1. The Hall–Kier alpha value is -3.94. The Kier molecular flexibility index (Phi) is 4.13. The third-order valence-corrected chi connectivity index (χ3v) is 5.07. The van der Waals surface area contributed by atoms with Crippen LogP contribution in [0.4, 0.5) is 8.78 Å². The van der Waals surface area contributed by atoms with E-state index in [0.29, 0.717) is 22.0 Å². The van der Waals surface area contributed by atoms with Crippen LogP contribution in [0.25, 0.3) is 32.9 Å². The second-order valence-electron chi connectivity index (χ2n) is 7.03. The van der Waals surface area contributed by atoms with Gasteiger partial charge in [-0.3, -0.25) is 19.0 Å². The van der Waals surface area contributed by atoms with Crippen molar-refractivity contribution in [3.05, 3.63) is 88.9 Å². The summed E-state index contributed by atoms with van der Waals surface area (Å²) in [6, 6.07) is 9.53. The lowest BCUT2D eigenvalue weighted by atomic mass is 10.00. The summed E-state index contributed by atoms with van der Waals surface area (Å²) in [6.07, 6.45) is 6.03. The summed E-state index contributed by atoms with van der Waals surface area (Å²) >= 11 is 0. The molecule has 3 heterocycles. The molecular formula is C22H15F2N5O. The summed E-state index contributed by atoms with van der Waals surface area (Å²) in [5.41, 5.74) is 1.67. The summed E-state index contributed by atoms with van der Waals surface area (Å²) in [5.74, 6) is -1.46. The average molecular weight is 403 g/mol. The van der Waals surface area contributed by atoms with Gasteiger partial charge >= 0.3 is 0 Å².